The van der Waals surface area contributed by atoms with Gasteiger partial charge in [-0.3, -0.25) is 0 Å². The number of allylic oxidation sites excluding steroid dienone is 1. The summed E-state index contributed by atoms with van der Waals surface area (Å²) in [5.41, 5.74) is 20.8. The average molecular weight is 378 g/mol. The van der Waals surface area contributed by atoms with E-state index in [2.05, 4.69) is 28.8 Å². The van der Waals surface area contributed by atoms with Crippen LogP contribution in [0.5, 0.6) is 0 Å². The zero-order chi connectivity index (χ0) is 19.8. The molecule has 0 radical (unpaired) electrons. The van der Waals surface area contributed by atoms with Crippen LogP contribution in [0.4, 0.5) is 22.7 Å². The molecule has 4 heteroatoms. The van der Waals surface area contributed by atoms with Gasteiger partial charge in [-0.15, -0.1) is 0 Å². The predicted octanol–water partition coefficient (Wildman–Crippen LogP) is 5.46. The van der Waals surface area contributed by atoms with E-state index >= 15 is 0 Å². The monoisotopic (exact) mass is 378 g/mol. The van der Waals surface area contributed by atoms with E-state index in [1.54, 1.807) is 0 Å². The Bertz CT molecular complexity index is 1230. The SMILES string of the molecule is NC1=C(Nc2ccccc2)Cc2cc(N)c(Nc3ccccc3)c3cccc1c23. The second kappa shape index (κ2) is 6.91. The third kappa shape index (κ3) is 3.05. The Morgan fingerprint density at radius 1 is 0.690 bits per heavy atom. The van der Waals surface area contributed by atoms with Crippen molar-refractivity contribution in [3.8, 4) is 0 Å². The summed E-state index contributed by atoms with van der Waals surface area (Å²) in [6, 6.07) is 28.5. The normalized spacial score (nSPS) is 12.8. The molecule has 29 heavy (non-hydrogen) atoms. The largest absolute Gasteiger partial charge is 0.397 e. The van der Waals surface area contributed by atoms with Gasteiger partial charge in [-0.1, -0.05) is 54.6 Å². The van der Waals surface area contributed by atoms with E-state index in [9.17, 15) is 0 Å². The van der Waals surface area contributed by atoms with Crippen LogP contribution in [0.3, 0.4) is 0 Å². The first-order chi connectivity index (χ1) is 14.2. The molecule has 1 aliphatic carbocycles. The molecule has 0 amide bonds. The third-order valence-electron chi connectivity index (χ3n) is 5.37. The van der Waals surface area contributed by atoms with Crippen LogP contribution in [0.2, 0.25) is 0 Å². The minimum atomic E-state index is 0.712. The van der Waals surface area contributed by atoms with Crippen molar-refractivity contribution in [1.29, 1.82) is 0 Å². The van der Waals surface area contributed by atoms with Crippen LogP contribution in [0.15, 0.2) is 90.6 Å². The first kappa shape index (κ1) is 17.2. The molecule has 0 spiro atoms. The zero-order valence-electron chi connectivity index (χ0n) is 15.9. The first-order valence-electron chi connectivity index (χ1n) is 9.68. The molecule has 4 aromatic rings. The summed E-state index contributed by atoms with van der Waals surface area (Å²) in [6.45, 7) is 0. The number of nitrogens with one attached hydrogen (secondary N) is 2. The number of hydrogen-bond acceptors (Lipinski definition) is 4. The van der Waals surface area contributed by atoms with Crippen LogP contribution < -0.4 is 22.1 Å². The van der Waals surface area contributed by atoms with E-state index in [1.807, 2.05) is 66.7 Å². The van der Waals surface area contributed by atoms with Crippen molar-refractivity contribution >= 4 is 39.2 Å². The van der Waals surface area contributed by atoms with Crippen molar-refractivity contribution < 1.29 is 0 Å². The van der Waals surface area contributed by atoms with Gasteiger partial charge in [0.15, 0.2) is 0 Å². The van der Waals surface area contributed by atoms with E-state index in [1.165, 1.54) is 5.56 Å². The van der Waals surface area contributed by atoms with Crippen LogP contribution in [0.25, 0.3) is 16.5 Å². The summed E-state index contributed by atoms with van der Waals surface area (Å²) in [7, 11) is 0. The molecule has 0 saturated carbocycles. The Balaban J connectivity index is 1.63. The maximum absolute atomic E-state index is 6.60. The van der Waals surface area contributed by atoms with E-state index in [0.29, 0.717) is 6.42 Å². The number of hydrogen-bond donors (Lipinski definition) is 4. The molecule has 6 N–H and O–H groups in total. The van der Waals surface area contributed by atoms with Crippen LogP contribution in [-0.4, -0.2) is 0 Å². The molecule has 0 bridgehead atoms. The van der Waals surface area contributed by atoms with Crippen LogP contribution in [-0.2, 0) is 6.42 Å². The van der Waals surface area contributed by atoms with Gasteiger partial charge in [0, 0.05) is 34.4 Å². The second-order valence-electron chi connectivity index (χ2n) is 7.28. The molecule has 0 aliphatic heterocycles. The molecule has 0 atom stereocenters. The second-order valence-corrected chi connectivity index (χ2v) is 7.28. The van der Waals surface area contributed by atoms with Crippen molar-refractivity contribution in [3.63, 3.8) is 0 Å². The zero-order valence-corrected chi connectivity index (χ0v) is 15.9. The highest BCUT2D eigenvalue weighted by atomic mass is 14.9. The van der Waals surface area contributed by atoms with Gasteiger partial charge < -0.3 is 22.1 Å². The van der Waals surface area contributed by atoms with Gasteiger partial charge in [0.2, 0.25) is 0 Å². The summed E-state index contributed by atoms with van der Waals surface area (Å²) in [5, 5.41) is 9.22. The van der Waals surface area contributed by atoms with E-state index in [4.69, 9.17) is 11.5 Å². The molecule has 142 valence electrons. The van der Waals surface area contributed by atoms with Crippen LogP contribution in [0.1, 0.15) is 11.1 Å². The Hall–Kier alpha value is -3.92. The minimum Gasteiger partial charge on any atom is -0.397 e. The Labute approximate surface area is 169 Å². The Morgan fingerprint density at radius 3 is 2.03 bits per heavy atom. The molecule has 4 nitrogen and oxygen atoms in total. The Kier molecular flexibility index (Phi) is 4.10. The van der Waals surface area contributed by atoms with Gasteiger partial charge in [0.1, 0.15) is 0 Å². The maximum atomic E-state index is 6.60. The molecular weight excluding hydrogens is 356 g/mol. The predicted molar refractivity (Wildman–Crippen MR) is 123 cm³/mol. The fraction of sp³-hybridized carbons (Fsp3) is 0.0400. The van der Waals surface area contributed by atoms with Crippen molar-refractivity contribution in [2.75, 3.05) is 16.4 Å². The number of anilines is 4. The molecule has 0 fully saturated rings. The smallest absolute Gasteiger partial charge is 0.0697 e. The molecule has 0 aromatic heterocycles. The lowest BCUT2D eigenvalue weighted by molar-refractivity contribution is 1.14. The van der Waals surface area contributed by atoms with Gasteiger partial charge >= 0.3 is 0 Å². The number of benzene rings is 4. The number of nitrogen functional groups attached to an aromatic ring is 1. The summed E-state index contributed by atoms with van der Waals surface area (Å²) in [4.78, 5) is 0. The van der Waals surface area contributed by atoms with E-state index in [0.717, 1.165) is 50.5 Å². The van der Waals surface area contributed by atoms with Crippen molar-refractivity contribution in [1.82, 2.24) is 0 Å². The number of nitrogens with two attached hydrogens (primary N) is 2. The maximum Gasteiger partial charge on any atom is 0.0697 e. The quantitative estimate of drug-likeness (QED) is 0.356. The molecule has 0 unspecified atom stereocenters. The topological polar surface area (TPSA) is 76.1 Å². The van der Waals surface area contributed by atoms with Gasteiger partial charge in [-0.25, -0.2) is 0 Å². The number of para-hydroxylation sites is 2. The summed E-state index contributed by atoms with van der Waals surface area (Å²) < 4.78 is 0. The molecule has 0 saturated heterocycles. The molecule has 1 aliphatic rings. The van der Waals surface area contributed by atoms with Gasteiger partial charge in [-0.2, -0.15) is 0 Å². The molecule has 4 aromatic carbocycles. The van der Waals surface area contributed by atoms with Gasteiger partial charge in [0.05, 0.1) is 17.1 Å². The fourth-order valence-electron chi connectivity index (χ4n) is 4.02. The molecule has 0 heterocycles. The van der Waals surface area contributed by atoms with E-state index in [-0.39, 0.29) is 0 Å². The molecular formula is C25H22N4. The highest BCUT2D eigenvalue weighted by Gasteiger charge is 2.22. The van der Waals surface area contributed by atoms with Gasteiger partial charge in [-0.05, 0) is 41.3 Å². The first-order valence-corrected chi connectivity index (χ1v) is 9.68. The lowest BCUT2D eigenvalue weighted by atomic mass is 9.88. The lowest BCUT2D eigenvalue weighted by Gasteiger charge is -2.25. The Morgan fingerprint density at radius 2 is 1.34 bits per heavy atom. The highest BCUT2D eigenvalue weighted by Crippen LogP contribution is 2.41. The van der Waals surface area contributed by atoms with Crippen LogP contribution in [0, 0.1) is 0 Å². The summed E-state index contributed by atoms with van der Waals surface area (Å²) in [5.74, 6) is 0. The standard InChI is InChI=1S/C25H22N4/c26-21-14-16-15-22(28-17-8-3-1-4-9-17)24(27)19-12-7-13-20(23(16)19)25(21)29-18-10-5-2-6-11-18/h1-14,28-29H,15,26-27H2. The number of rotatable bonds is 4. The fourth-order valence-corrected chi connectivity index (χ4v) is 4.02. The van der Waals surface area contributed by atoms with Crippen molar-refractivity contribution in [3.05, 3.63) is 102 Å². The minimum absolute atomic E-state index is 0.712. The van der Waals surface area contributed by atoms with E-state index < -0.39 is 0 Å². The lowest BCUT2D eigenvalue weighted by Crippen LogP contribution is -2.16. The third-order valence-corrected chi connectivity index (χ3v) is 5.37. The summed E-state index contributed by atoms with van der Waals surface area (Å²) in [6.07, 6.45) is 0.712. The van der Waals surface area contributed by atoms with Crippen molar-refractivity contribution in [2.45, 2.75) is 6.42 Å². The summed E-state index contributed by atoms with van der Waals surface area (Å²) >= 11 is 0. The van der Waals surface area contributed by atoms with Crippen LogP contribution >= 0.6 is 0 Å². The highest BCUT2D eigenvalue weighted by molar-refractivity contribution is 6.08. The van der Waals surface area contributed by atoms with Gasteiger partial charge in [0.25, 0.3) is 0 Å². The van der Waals surface area contributed by atoms with Crippen molar-refractivity contribution in [2.24, 2.45) is 5.73 Å². The average Bonchev–Trinajstić information content (AvgIpc) is 2.75. The molecule has 5 rings (SSSR count).